The fourth-order valence-electron chi connectivity index (χ4n) is 1.98. The molecule has 1 atom stereocenters. The second-order valence-electron chi connectivity index (χ2n) is 4.34. The van der Waals surface area contributed by atoms with E-state index in [-0.39, 0.29) is 5.82 Å². The Labute approximate surface area is 108 Å². The highest BCUT2D eigenvalue weighted by Crippen LogP contribution is 2.17. The van der Waals surface area contributed by atoms with Gasteiger partial charge in [-0.25, -0.2) is 4.39 Å². The average Bonchev–Trinajstić information content (AvgIpc) is 2.31. The smallest absolute Gasteiger partial charge is 0.126 e. The van der Waals surface area contributed by atoms with Gasteiger partial charge in [0.15, 0.2) is 0 Å². The number of hydrogen-bond acceptors (Lipinski definition) is 1. The summed E-state index contributed by atoms with van der Waals surface area (Å²) in [7, 11) is 0. The number of halogens is 2. The van der Waals surface area contributed by atoms with E-state index in [0.717, 1.165) is 13.0 Å². The van der Waals surface area contributed by atoms with Crippen LogP contribution in [0.1, 0.15) is 38.7 Å². The lowest BCUT2D eigenvalue weighted by Gasteiger charge is -2.18. The lowest BCUT2D eigenvalue weighted by molar-refractivity contribution is 0.464. The van der Waals surface area contributed by atoms with Gasteiger partial charge in [0, 0.05) is 11.1 Å². The van der Waals surface area contributed by atoms with Crippen molar-refractivity contribution in [1.29, 1.82) is 0 Å². The molecule has 0 radical (unpaired) electrons. The molecule has 0 aliphatic heterocycles. The van der Waals surface area contributed by atoms with E-state index in [1.54, 1.807) is 12.1 Å². The van der Waals surface area contributed by atoms with Crippen LogP contribution in [0.4, 0.5) is 4.39 Å². The van der Waals surface area contributed by atoms with Gasteiger partial charge in [0.2, 0.25) is 0 Å². The molecular weight excluding hydrogens is 237 g/mol. The van der Waals surface area contributed by atoms with Crippen LogP contribution in [0.25, 0.3) is 0 Å². The standard InChI is InChI=1S/C14H21ClFN/c1-3-5-6-13(17-4-2)10-11-9-12(15)7-8-14(11)16/h7-9,13,17H,3-6,10H2,1-2H3. The molecule has 96 valence electrons. The van der Waals surface area contributed by atoms with Gasteiger partial charge in [-0.1, -0.05) is 38.3 Å². The minimum absolute atomic E-state index is 0.159. The second-order valence-corrected chi connectivity index (χ2v) is 4.77. The molecule has 1 unspecified atom stereocenters. The van der Waals surface area contributed by atoms with Gasteiger partial charge in [0.05, 0.1) is 0 Å². The first kappa shape index (κ1) is 14.5. The largest absolute Gasteiger partial charge is 0.314 e. The summed E-state index contributed by atoms with van der Waals surface area (Å²) >= 11 is 5.89. The van der Waals surface area contributed by atoms with E-state index >= 15 is 0 Å². The Hall–Kier alpha value is -0.600. The van der Waals surface area contributed by atoms with Crippen molar-refractivity contribution in [3.05, 3.63) is 34.6 Å². The molecule has 1 rings (SSSR count). The van der Waals surface area contributed by atoms with Gasteiger partial charge in [-0.15, -0.1) is 0 Å². The third kappa shape index (κ3) is 5.05. The Morgan fingerprint density at radius 1 is 1.35 bits per heavy atom. The van der Waals surface area contributed by atoms with Gasteiger partial charge in [0.25, 0.3) is 0 Å². The zero-order chi connectivity index (χ0) is 12.7. The van der Waals surface area contributed by atoms with E-state index in [9.17, 15) is 4.39 Å². The van der Waals surface area contributed by atoms with Gasteiger partial charge in [-0.05, 0) is 43.1 Å². The first-order valence-corrected chi connectivity index (χ1v) is 6.72. The maximum absolute atomic E-state index is 13.6. The van der Waals surface area contributed by atoms with Crippen LogP contribution in [-0.4, -0.2) is 12.6 Å². The van der Waals surface area contributed by atoms with Gasteiger partial charge in [0.1, 0.15) is 5.82 Å². The summed E-state index contributed by atoms with van der Waals surface area (Å²) in [6.45, 7) is 5.16. The van der Waals surface area contributed by atoms with Crippen LogP contribution >= 0.6 is 11.6 Å². The topological polar surface area (TPSA) is 12.0 Å². The molecule has 0 fully saturated rings. The first-order valence-electron chi connectivity index (χ1n) is 6.34. The summed E-state index contributed by atoms with van der Waals surface area (Å²) in [6.07, 6.45) is 4.12. The molecule has 17 heavy (non-hydrogen) atoms. The third-order valence-electron chi connectivity index (χ3n) is 2.87. The molecule has 1 aromatic carbocycles. The fraction of sp³-hybridized carbons (Fsp3) is 0.571. The third-order valence-corrected chi connectivity index (χ3v) is 3.11. The predicted octanol–water partition coefficient (Wildman–Crippen LogP) is 4.19. The molecule has 0 bridgehead atoms. The number of hydrogen-bond donors (Lipinski definition) is 1. The quantitative estimate of drug-likeness (QED) is 0.772. The van der Waals surface area contributed by atoms with Crippen LogP contribution in [0, 0.1) is 5.82 Å². The van der Waals surface area contributed by atoms with E-state index in [1.807, 2.05) is 0 Å². The van der Waals surface area contributed by atoms with Crippen LogP contribution in [0.3, 0.4) is 0 Å². The van der Waals surface area contributed by atoms with Crippen molar-refractivity contribution in [3.63, 3.8) is 0 Å². The van der Waals surface area contributed by atoms with Crippen molar-refractivity contribution in [2.24, 2.45) is 0 Å². The predicted molar refractivity (Wildman–Crippen MR) is 72.1 cm³/mol. The van der Waals surface area contributed by atoms with Crippen LogP contribution in [0.2, 0.25) is 5.02 Å². The normalized spacial score (nSPS) is 12.7. The molecule has 0 aliphatic rings. The van der Waals surface area contributed by atoms with Gasteiger partial charge < -0.3 is 5.32 Å². The van der Waals surface area contributed by atoms with Crippen molar-refractivity contribution in [1.82, 2.24) is 5.32 Å². The Balaban J connectivity index is 2.67. The maximum Gasteiger partial charge on any atom is 0.126 e. The number of likely N-dealkylation sites (N-methyl/N-ethyl adjacent to an activating group) is 1. The SMILES string of the molecule is CCCCC(Cc1cc(Cl)ccc1F)NCC. The highest BCUT2D eigenvalue weighted by molar-refractivity contribution is 6.30. The molecule has 1 N–H and O–H groups in total. The van der Waals surface area contributed by atoms with Gasteiger partial charge >= 0.3 is 0 Å². The molecule has 0 amide bonds. The molecule has 0 heterocycles. The molecule has 0 saturated carbocycles. The Morgan fingerprint density at radius 2 is 2.12 bits per heavy atom. The number of nitrogens with one attached hydrogen (secondary N) is 1. The molecule has 0 saturated heterocycles. The lowest BCUT2D eigenvalue weighted by atomic mass is 10.0. The zero-order valence-electron chi connectivity index (χ0n) is 10.6. The molecule has 1 nitrogen and oxygen atoms in total. The maximum atomic E-state index is 13.6. The Kier molecular flexibility index (Phi) is 6.53. The van der Waals surface area contributed by atoms with Crippen LogP contribution in [0.15, 0.2) is 18.2 Å². The molecule has 3 heteroatoms. The Morgan fingerprint density at radius 3 is 2.76 bits per heavy atom. The molecule has 0 aliphatic carbocycles. The molecule has 1 aromatic rings. The zero-order valence-corrected chi connectivity index (χ0v) is 11.4. The summed E-state index contributed by atoms with van der Waals surface area (Å²) in [5.41, 5.74) is 0.708. The summed E-state index contributed by atoms with van der Waals surface area (Å²) in [5, 5.41) is 4.01. The second kappa shape index (κ2) is 7.67. The van der Waals surface area contributed by atoms with Crippen molar-refractivity contribution in [3.8, 4) is 0 Å². The molecule has 0 spiro atoms. The van der Waals surface area contributed by atoms with E-state index in [2.05, 4.69) is 19.2 Å². The molecule has 0 aromatic heterocycles. The number of unbranched alkanes of at least 4 members (excludes halogenated alkanes) is 1. The summed E-state index contributed by atoms with van der Waals surface area (Å²) < 4.78 is 13.6. The lowest BCUT2D eigenvalue weighted by Crippen LogP contribution is -2.31. The van der Waals surface area contributed by atoms with E-state index in [4.69, 9.17) is 11.6 Å². The summed E-state index contributed by atoms with van der Waals surface area (Å²) in [6, 6.07) is 5.11. The number of benzene rings is 1. The minimum Gasteiger partial charge on any atom is -0.314 e. The van der Waals surface area contributed by atoms with E-state index in [0.29, 0.717) is 23.0 Å². The minimum atomic E-state index is -0.159. The van der Waals surface area contributed by atoms with E-state index in [1.165, 1.54) is 18.9 Å². The van der Waals surface area contributed by atoms with Gasteiger partial charge in [-0.3, -0.25) is 0 Å². The first-order chi connectivity index (χ1) is 8.17. The van der Waals surface area contributed by atoms with Crippen molar-refractivity contribution < 1.29 is 4.39 Å². The average molecular weight is 258 g/mol. The van der Waals surface area contributed by atoms with Crippen LogP contribution in [0.5, 0.6) is 0 Å². The summed E-state index contributed by atoms with van der Waals surface area (Å²) in [5.74, 6) is -0.159. The fourth-order valence-corrected chi connectivity index (χ4v) is 2.18. The Bertz CT molecular complexity index is 341. The molecular formula is C14H21ClFN. The monoisotopic (exact) mass is 257 g/mol. The van der Waals surface area contributed by atoms with Crippen molar-refractivity contribution in [2.45, 2.75) is 45.6 Å². The van der Waals surface area contributed by atoms with E-state index < -0.39 is 0 Å². The van der Waals surface area contributed by atoms with Crippen LogP contribution < -0.4 is 5.32 Å². The van der Waals surface area contributed by atoms with Crippen LogP contribution in [-0.2, 0) is 6.42 Å². The van der Waals surface area contributed by atoms with Gasteiger partial charge in [-0.2, -0.15) is 0 Å². The highest BCUT2D eigenvalue weighted by Gasteiger charge is 2.11. The number of rotatable bonds is 7. The van der Waals surface area contributed by atoms with Crippen molar-refractivity contribution >= 4 is 11.6 Å². The highest BCUT2D eigenvalue weighted by atomic mass is 35.5. The van der Waals surface area contributed by atoms with Crippen molar-refractivity contribution in [2.75, 3.05) is 6.54 Å². The summed E-state index contributed by atoms with van der Waals surface area (Å²) in [4.78, 5) is 0.